The van der Waals surface area contributed by atoms with Crippen LogP contribution in [0.3, 0.4) is 0 Å². The van der Waals surface area contributed by atoms with Crippen LogP contribution < -0.4 is 0 Å². The summed E-state index contributed by atoms with van der Waals surface area (Å²) in [5.74, 6) is 0.821. The maximum absolute atomic E-state index is 9.11. The summed E-state index contributed by atoms with van der Waals surface area (Å²) >= 11 is 0. The molecule has 0 bridgehead atoms. The van der Waals surface area contributed by atoms with Crippen molar-refractivity contribution in [1.29, 1.82) is 0 Å². The molecule has 1 aliphatic carbocycles. The van der Waals surface area contributed by atoms with Crippen molar-refractivity contribution in [2.45, 2.75) is 58.4 Å². The lowest BCUT2D eigenvalue weighted by molar-refractivity contribution is 0.0889. The van der Waals surface area contributed by atoms with Gasteiger partial charge in [-0.05, 0) is 31.7 Å². The van der Waals surface area contributed by atoms with Gasteiger partial charge in [0.25, 0.3) is 0 Å². The number of aliphatic hydroxyl groups is 1. The van der Waals surface area contributed by atoms with Gasteiger partial charge >= 0.3 is 0 Å². The highest BCUT2D eigenvalue weighted by Crippen LogP contribution is 2.28. The van der Waals surface area contributed by atoms with E-state index in [2.05, 4.69) is 18.7 Å². The molecule has 0 aliphatic heterocycles. The highest BCUT2D eigenvalue weighted by atomic mass is 16.3. The first kappa shape index (κ1) is 13.0. The summed E-state index contributed by atoms with van der Waals surface area (Å²) in [5.41, 5.74) is 0. The van der Waals surface area contributed by atoms with Crippen molar-refractivity contribution >= 4 is 0 Å². The third-order valence-electron chi connectivity index (χ3n) is 3.72. The molecule has 0 aromatic rings. The molecule has 0 amide bonds. The van der Waals surface area contributed by atoms with E-state index in [0.29, 0.717) is 6.61 Å². The van der Waals surface area contributed by atoms with Crippen LogP contribution in [0, 0.1) is 5.92 Å². The third kappa shape index (κ3) is 4.12. The minimum absolute atomic E-state index is 0.312. The number of hydrogen-bond donors (Lipinski definition) is 1. The summed E-state index contributed by atoms with van der Waals surface area (Å²) in [6.07, 6.45) is 8.01. The van der Waals surface area contributed by atoms with Gasteiger partial charge in [0.1, 0.15) is 0 Å². The lowest BCUT2D eigenvalue weighted by Gasteiger charge is -2.38. The zero-order valence-electron chi connectivity index (χ0n) is 10.4. The quantitative estimate of drug-likeness (QED) is 0.733. The molecule has 2 heteroatoms. The van der Waals surface area contributed by atoms with Crippen LogP contribution in [-0.4, -0.2) is 35.7 Å². The second-order valence-corrected chi connectivity index (χ2v) is 4.94. The zero-order valence-corrected chi connectivity index (χ0v) is 10.4. The molecule has 1 rings (SSSR count). The Hall–Kier alpha value is -0.0800. The normalized spacial score (nSPS) is 27.2. The Balaban J connectivity index is 2.44. The van der Waals surface area contributed by atoms with E-state index < -0.39 is 0 Å². The molecule has 2 atom stereocenters. The van der Waals surface area contributed by atoms with Crippen molar-refractivity contribution in [2.75, 3.05) is 19.7 Å². The Kier molecular flexibility index (Phi) is 6.26. The fraction of sp³-hybridized carbons (Fsp3) is 1.00. The first-order valence-electron chi connectivity index (χ1n) is 6.64. The SMILES string of the molecule is CCCCN(CCO)C1CCCCC1C. The number of hydrogen-bond acceptors (Lipinski definition) is 2. The minimum atomic E-state index is 0.312. The molecule has 15 heavy (non-hydrogen) atoms. The molecule has 2 unspecified atom stereocenters. The van der Waals surface area contributed by atoms with E-state index in [1.165, 1.54) is 45.1 Å². The van der Waals surface area contributed by atoms with Gasteiger partial charge in [-0.25, -0.2) is 0 Å². The van der Waals surface area contributed by atoms with Crippen LogP contribution in [-0.2, 0) is 0 Å². The minimum Gasteiger partial charge on any atom is -0.395 e. The van der Waals surface area contributed by atoms with Crippen molar-refractivity contribution in [2.24, 2.45) is 5.92 Å². The van der Waals surface area contributed by atoms with Crippen LogP contribution in [0.15, 0.2) is 0 Å². The Bertz CT molecular complexity index is 161. The first-order chi connectivity index (χ1) is 7.29. The third-order valence-corrected chi connectivity index (χ3v) is 3.72. The van der Waals surface area contributed by atoms with Crippen molar-refractivity contribution < 1.29 is 5.11 Å². The monoisotopic (exact) mass is 213 g/mol. The summed E-state index contributed by atoms with van der Waals surface area (Å²) in [7, 11) is 0. The summed E-state index contributed by atoms with van der Waals surface area (Å²) in [4.78, 5) is 2.52. The number of rotatable bonds is 6. The molecule has 0 aromatic carbocycles. The Morgan fingerprint density at radius 2 is 1.93 bits per heavy atom. The second kappa shape index (κ2) is 7.24. The van der Waals surface area contributed by atoms with Gasteiger partial charge in [-0.1, -0.05) is 33.1 Å². The Labute approximate surface area is 94.7 Å². The van der Waals surface area contributed by atoms with E-state index in [9.17, 15) is 0 Å². The van der Waals surface area contributed by atoms with E-state index in [0.717, 1.165) is 18.5 Å². The predicted molar refractivity (Wildman–Crippen MR) is 65.0 cm³/mol. The van der Waals surface area contributed by atoms with E-state index >= 15 is 0 Å². The Morgan fingerprint density at radius 3 is 2.53 bits per heavy atom. The van der Waals surface area contributed by atoms with Crippen molar-refractivity contribution in [3.63, 3.8) is 0 Å². The van der Waals surface area contributed by atoms with Gasteiger partial charge < -0.3 is 5.11 Å². The molecule has 1 aliphatic rings. The van der Waals surface area contributed by atoms with Gasteiger partial charge in [-0.3, -0.25) is 4.90 Å². The van der Waals surface area contributed by atoms with Crippen molar-refractivity contribution in [3.05, 3.63) is 0 Å². The molecule has 0 spiro atoms. The van der Waals surface area contributed by atoms with Crippen LogP contribution in [0.5, 0.6) is 0 Å². The van der Waals surface area contributed by atoms with E-state index in [1.54, 1.807) is 0 Å². The lowest BCUT2D eigenvalue weighted by atomic mass is 9.85. The van der Waals surface area contributed by atoms with Crippen LogP contribution in [0.25, 0.3) is 0 Å². The van der Waals surface area contributed by atoms with Gasteiger partial charge in [0.15, 0.2) is 0 Å². The van der Waals surface area contributed by atoms with Gasteiger partial charge in [-0.2, -0.15) is 0 Å². The molecule has 1 saturated carbocycles. The van der Waals surface area contributed by atoms with Crippen LogP contribution in [0.2, 0.25) is 0 Å². The molecule has 1 N–H and O–H groups in total. The molecule has 90 valence electrons. The summed E-state index contributed by atoms with van der Waals surface area (Å²) < 4.78 is 0. The summed E-state index contributed by atoms with van der Waals surface area (Å²) in [5, 5.41) is 9.11. The summed E-state index contributed by atoms with van der Waals surface area (Å²) in [6.45, 7) is 6.97. The number of unbranched alkanes of at least 4 members (excludes halogenated alkanes) is 1. The molecule has 1 fully saturated rings. The summed E-state index contributed by atoms with van der Waals surface area (Å²) in [6, 6.07) is 0.734. The van der Waals surface area contributed by atoms with Gasteiger partial charge in [-0.15, -0.1) is 0 Å². The highest BCUT2D eigenvalue weighted by Gasteiger charge is 2.26. The van der Waals surface area contributed by atoms with Crippen LogP contribution in [0.1, 0.15) is 52.4 Å². The topological polar surface area (TPSA) is 23.5 Å². The van der Waals surface area contributed by atoms with Gasteiger partial charge in [0, 0.05) is 12.6 Å². The van der Waals surface area contributed by atoms with Gasteiger partial charge in [0.2, 0.25) is 0 Å². The van der Waals surface area contributed by atoms with E-state index in [-0.39, 0.29) is 0 Å². The largest absolute Gasteiger partial charge is 0.395 e. The fourth-order valence-corrected chi connectivity index (χ4v) is 2.77. The standard InChI is InChI=1S/C13H27NO/c1-3-4-9-14(10-11-15)13-8-6-5-7-12(13)2/h12-13,15H,3-11H2,1-2H3. The predicted octanol–water partition coefficient (Wildman–Crippen LogP) is 2.66. The molecule has 0 radical (unpaired) electrons. The second-order valence-electron chi connectivity index (χ2n) is 4.94. The lowest BCUT2D eigenvalue weighted by Crippen LogP contribution is -2.43. The fourth-order valence-electron chi connectivity index (χ4n) is 2.77. The highest BCUT2D eigenvalue weighted by molar-refractivity contribution is 4.80. The van der Waals surface area contributed by atoms with E-state index in [1.807, 2.05) is 0 Å². The van der Waals surface area contributed by atoms with Crippen molar-refractivity contribution in [3.8, 4) is 0 Å². The molecule has 2 nitrogen and oxygen atoms in total. The maximum Gasteiger partial charge on any atom is 0.0558 e. The molecule has 0 saturated heterocycles. The number of aliphatic hydroxyl groups excluding tert-OH is 1. The molecule has 0 heterocycles. The molecular formula is C13H27NO. The number of nitrogens with zero attached hydrogens (tertiary/aromatic N) is 1. The van der Waals surface area contributed by atoms with Gasteiger partial charge in [0.05, 0.1) is 6.61 Å². The van der Waals surface area contributed by atoms with Crippen LogP contribution in [0.4, 0.5) is 0 Å². The zero-order chi connectivity index (χ0) is 11.1. The van der Waals surface area contributed by atoms with Crippen LogP contribution >= 0.6 is 0 Å². The molecule has 0 aromatic heterocycles. The van der Waals surface area contributed by atoms with Crippen molar-refractivity contribution in [1.82, 2.24) is 4.90 Å². The average molecular weight is 213 g/mol. The smallest absolute Gasteiger partial charge is 0.0558 e. The Morgan fingerprint density at radius 1 is 1.20 bits per heavy atom. The first-order valence-corrected chi connectivity index (χ1v) is 6.64. The van der Waals surface area contributed by atoms with E-state index in [4.69, 9.17) is 5.11 Å². The molecular weight excluding hydrogens is 186 g/mol. The maximum atomic E-state index is 9.11. The average Bonchev–Trinajstić information content (AvgIpc) is 2.25.